The third kappa shape index (κ3) is 9.88. The zero-order chi connectivity index (χ0) is 8.91. The third-order valence-electron chi connectivity index (χ3n) is 0.928. The molecule has 0 aromatic rings. The average molecular weight is 162 g/mol. The Morgan fingerprint density at radius 3 is 2.27 bits per heavy atom. The quantitative estimate of drug-likeness (QED) is 0.387. The van der Waals surface area contributed by atoms with Gasteiger partial charge in [-0.25, -0.2) is 9.78 Å². The Morgan fingerprint density at radius 2 is 1.91 bits per heavy atom. The second-order valence-corrected chi connectivity index (χ2v) is 3.66. The maximum Gasteiger partial charge on any atom is 0.0952 e. The summed E-state index contributed by atoms with van der Waals surface area (Å²) < 4.78 is 0. The molecule has 1 unspecified atom stereocenters. The fourth-order valence-corrected chi connectivity index (χ4v) is 0.437. The SMILES string of the molecule is CC(O)CCOOC(C)(C)C. The van der Waals surface area contributed by atoms with Crippen molar-refractivity contribution in [1.29, 1.82) is 0 Å². The maximum absolute atomic E-state index is 8.85. The molecule has 11 heavy (non-hydrogen) atoms. The molecule has 0 aromatic carbocycles. The predicted molar refractivity (Wildman–Crippen MR) is 43.1 cm³/mol. The van der Waals surface area contributed by atoms with Gasteiger partial charge in [-0.15, -0.1) is 0 Å². The molecule has 0 radical (unpaired) electrons. The van der Waals surface area contributed by atoms with E-state index in [1.54, 1.807) is 6.92 Å². The summed E-state index contributed by atoms with van der Waals surface area (Å²) in [4.78, 5) is 9.82. The standard InChI is InChI=1S/C8H18O3/c1-7(9)5-6-10-11-8(2,3)4/h7,9H,5-6H2,1-4H3. The fraction of sp³-hybridized carbons (Fsp3) is 1.00. The number of hydrogen-bond donors (Lipinski definition) is 1. The van der Waals surface area contributed by atoms with Crippen molar-refractivity contribution in [2.24, 2.45) is 0 Å². The molecule has 0 bridgehead atoms. The molecule has 0 aliphatic rings. The molecule has 0 aliphatic carbocycles. The monoisotopic (exact) mass is 162 g/mol. The highest BCUT2D eigenvalue weighted by Crippen LogP contribution is 2.07. The Kier molecular flexibility index (Phi) is 4.65. The maximum atomic E-state index is 8.85. The second-order valence-electron chi connectivity index (χ2n) is 3.66. The molecule has 0 spiro atoms. The van der Waals surface area contributed by atoms with E-state index in [1.165, 1.54) is 0 Å². The lowest BCUT2D eigenvalue weighted by Gasteiger charge is -2.17. The van der Waals surface area contributed by atoms with Crippen LogP contribution in [0.5, 0.6) is 0 Å². The summed E-state index contributed by atoms with van der Waals surface area (Å²) >= 11 is 0. The molecule has 68 valence electrons. The van der Waals surface area contributed by atoms with Crippen LogP contribution in [-0.4, -0.2) is 23.4 Å². The summed E-state index contributed by atoms with van der Waals surface area (Å²) in [7, 11) is 0. The minimum Gasteiger partial charge on any atom is -0.393 e. The highest BCUT2D eigenvalue weighted by molar-refractivity contribution is 4.54. The second kappa shape index (κ2) is 4.70. The highest BCUT2D eigenvalue weighted by atomic mass is 17.2. The van der Waals surface area contributed by atoms with Crippen molar-refractivity contribution in [2.45, 2.75) is 45.8 Å². The first-order valence-electron chi connectivity index (χ1n) is 3.90. The normalized spacial score (nSPS) is 15.0. The molecule has 0 rings (SSSR count). The van der Waals surface area contributed by atoms with E-state index in [0.717, 1.165) is 0 Å². The molecule has 0 amide bonds. The smallest absolute Gasteiger partial charge is 0.0952 e. The van der Waals surface area contributed by atoms with Gasteiger partial charge in [-0.1, -0.05) is 0 Å². The van der Waals surface area contributed by atoms with Crippen LogP contribution in [0.1, 0.15) is 34.1 Å². The van der Waals surface area contributed by atoms with Gasteiger partial charge in [-0.2, -0.15) is 0 Å². The molecule has 0 fully saturated rings. The molecular formula is C8H18O3. The Bertz CT molecular complexity index is 94.0. The minimum absolute atomic E-state index is 0.265. The van der Waals surface area contributed by atoms with E-state index < -0.39 is 0 Å². The van der Waals surface area contributed by atoms with Crippen molar-refractivity contribution in [1.82, 2.24) is 0 Å². The number of rotatable bonds is 4. The first-order chi connectivity index (χ1) is 4.92. The van der Waals surface area contributed by atoms with Crippen molar-refractivity contribution in [2.75, 3.05) is 6.61 Å². The van der Waals surface area contributed by atoms with Gasteiger partial charge in [0, 0.05) is 0 Å². The third-order valence-corrected chi connectivity index (χ3v) is 0.928. The minimum atomic E-state index is -0.321. The fourth-order valence-electron chi connectivity index (χ4n) is 0.437. The molecule has 3 heteroatoms. The summed E-state index contributed by atoms with van der Waals surface area (Å²) in [6.07, 6.45) is 0.286. The van der Waals surface area contributed by atoms with Gasteiger partial charge in [0.05, 0.1) is 18.3 Å². The van der Waals surface area contributed by atoms with Gasteiger partial charge in [-0.05, 0) is 34.1 Å². The molecule has 1 atom stereocenters. The lowest BCUT2D eigenvalue weighted by Crippen LogP contribution is -2.20. The zero-order valence-electron chi connectivity index (χ0n) is 7.76. The van der Waals surface area contributed by atoms with Crippen LogP contribution in [0.25, 0.3) is 0 Å². The Hall–Kier alpha value is -0.120. The summed E-state index contributed by atoms with van der Waals surface area (Å²) in [5.74, 6) is 0. The van der Waals surface area contributed by atoms with Crippen molar-refractivity contribution >= 4 is 0 Å². The van der Waals surface area contributed by atoms with Crippen LogP contribution in [0.3, 0.4) is 0 Å². The number of hydrogen-bond acceptors (Lipinski definition) is 3. The summed E-state index contributed by atoms with van der Waals surface area (Å²) in [6, 6.07) is 0. The average Bonchev–Trinajstić information content (AvgIpc) is 1.78. The summed E-state index contributed by atoms with van der Waals surface area (Å²) in [6.45, 7) is 7.90. The molecule has 0 heterocycles. The topological polar surface area (TPSA) is 38.7 Å². The van der Waals surface area contributed by atoms with E-state index in [0.29, 0.717) is 13.0 Å². The van der Waals surface area contributed by atoms with E-state index >= 15 is 0 Å². The van der Waals surface area contributed by atoms with Gasteiger partial charge >= 0.3 is 0 Å². The van der Waals surface area contributed by atoms with Gasteiger partial charge in [0.1, 0.15) is 0 Å². The lowest BCUT2D eigenvalue weighted by atomic mass is 10.2. The van der Waals surface area contributed by atoms with Crippen LogP contribution in [0.15, 0.2) is 0 Å². The van der Waals surface area contributed by atoms with Crippen LogP contribution < -0.4 is 0 Å². The lowest BCUT2D eigenvalue weighted by molar-refractivity contribution is -0.349. The number of aliphatic hydroxyl groups is 1. The van der Waals surface area contributed by atoms with Crippen LogP contribution in [0.4, 0.5) is 0 Å². The molecule has 0 saturated carbocycles. The number of aliphatic hydroxyl groups excluding tert-OH is 1. The Morgan fingerprint density at radius 1 is 1.36 bits per heavy atom. The van der Waals surface area contributed by atoms with E-state index in [-0.39, 0.29) is 11.7 Å². The van der Waals surface area contributed by atoms with Crippen molar-refractivity contribution in [3.63, 3.8) is 0 Å². The van der Waals surface area contributed by atoms with Crippen molar-refractivity contribution in [3.05, 3.63) is 0 Å². The summed E-state index contributed by atoms with van der Waals surface area (Å²) in [5, 5.41) is 8.85. The summed E-state index contributed by atoms with van der Waals surface area (Å²) in [5.41, 5.74) is -0.265. The van der Waals surface area contributed by atoms with Gasteiger partial charge < -0.3 is 5.11 Å². The molecule has 0 saturated heterocycles. The molecule has 1 N–H and O–H groups in total. The molecule has 3 nitrogen and oxygen atoms in total. The van der Waals surface area contributed by atoms with Gasteiger partial charge in [-0.3, -0.25) is 0 Å². The first kappa shape index (κ1) is 10.9. The highest BCUT2D eigenvalue weighted by Gasteiger charge is 2.11. The Balaban J connectivity index is 3.15. The van der Waals surface area contributed by atoms with E-state index in [2.05, 4.69) is 0 Å². The van der Waals surface area contributed by atoms with E-state index in [1.807, 2.05) is 20.8 Å². The van der Waals surface area contributed by atoms with Crippen molar-refractivity contribution < 1.29 is 14.9 Å². The zero-order valence-corrected chi connectivity index (χ0v) is 7.76. The van der Waals surface area contributed by atoms with Gasteiger partial charge in [0.2, 0.25) is 0 Å². The van der Waals surface area contributed by atoms with Gasteiger partial charge in [0.25, 0.3) is 0 Å². The van der Waals surface area contributed by atoms with Gasteiger partial charge in [0.15, 0.2) is 0 Å². The predicted octanol–water partition coefficient (Wildman–Crippen LogP) is 1.50. The van der Waals surface area contributed by atoms with Crippen LogP contribution >= 0.6 is 0 Å². The Labute approximate surface area is 68.2 Å². The van der Waals surface area contributed by atoms with Crippen molar-refractivity contribution in [3.8, 4) is 0 Å². The largest absolute Gasteiger partial charge is 0.393 e. The molecular weight excluding hydrogens is 144 g/mol. The van der Waals surface area contributed by atoms with E-state index in [4.69, 9.17) is 14.9 Å². The van der Waals surface area contributed by atoms with E-state index in [9.17, 15) is 0 Å². The first-order valence-corrected chi connectivity index (χ1v) is 3.90. The molecule has 0 aromatic heterocycles. The van der Waals surface area contributed by atoms with Crippen LogP contribution in [0, 0.1) is 0 Å². The van der Waals surface area contributed by atoms with Crippen LogP contribution in [0.2, 0.25) is 0 Å². The molecule has 0 aliphatic heterocycles. The van der Waals surface area contributed by atoms with Crippen LogP contribution in [-0.2, 0) is 9.78 Å².